The summed E-state index contributed by atoms with van der Waals surface area (Å²) in [6.07, 6.45) is 5.11. The Balaban J connectivity index is 1.72. The summed E-state index contributed by atoms with van der Waals surface area (Å²) in [6.45, 7) is 3.05. The van der Waals surface area contributed by atoms with E-state index in [1.165, 1.54) is 12.8 Å². The molecule has 1 aliphatic carbocycles. The lowest BCUT2D eigenvalue weighted by molar-refractivity contribution is -0.137. The SMILES string of the molecule is C[C@H]1CCCC[C@H]1N1Cc2c(ccc(OCCCC(=O)O)c2Cl)C1=O. The molecule has 0 bridgehead atoms. The zero-order valence-electron chi connectivity index (χ0n) is 14.5. The molecule has 6 heteroatoms. The number of rotatable bonds is 6. The van der Waals surface area contributed by atoms with Gasteiger partial charge in [-0.3, -0.25) is 9.59 Å². The van der Waals surface area contributed by atoms with Gasteiger partial charge in [0.05, 0.1) is 11.6 Å². The predicted octanol–water partition coefficient (Wildman–Crippen LogP) is 4.12. The summed E-state index contributed by atoms with van der Waals surface area (Å²) in [5.74, 6) is 0.259. The molecule has 0 saturated heterocycles. The van der Waals surface area contributed by atoms with E-state index in [2.05, 4.69) is 6.92 Å². The van der Waals surface area contributed by atoms with Gasteiger partial charge in [-0.1, -0.05) is 31.4 Å². The summed E-state index contributed by atoms with van der Waals surface area (Å²) in [6, 6.07) is 3.78. The number of carboxylic acid groups (broad SMARTS) is 1. The highest BCUT2D eigenvalue weighted by molar-refractivity contribution is 6.33. The third-order valence-corrected chi connectivity index (χ3v) is 5.70. The molecule has 0 aromatic heterocycles. The van der Waals surface area contributed by atoms with E-state index in [-0.39, 0.29) is 18.4 Å². The van der Waals surface area contributed by atoms with Gasteiger partial charge in [-0.15, -0.1) is 0 Å². The Bertz CT molecular complexity index is 676. The van der Waals surface area contributed by atoms with Gasteiger partial charge < -0.3 is 14.7 Å². The zero-order valence-corrected chi connectivity index (χ0v) is 15.2. The summed E-state index contributed by atoms with van der Waals surface area (Å²) in [4.78, 5) is 25.3. The third-order valence-electron chi connectivity index (χ3n) is 5.29. The Morgan fingerprint density at radius 1 is 1.36 bits per heavy atom. The molecule has 3 rings (SSSR count). The Hall–Kier alpha value is -1.75. The molecular weight excluding hydrogens is 342 g/mol. The molecule has 1 aliphatic heterocycles. The molecule has 0 radical (unpaired) electrons. The van der Waals surface area contributed by atoms with Crippen molar-refractivity contribution in [2.45, 2.75) is 58.0 Å². The van der Waals surface area contributed by atoms with Crippen molar-refractivity contribution in [3.63, 3.8) is 0 Å². The topological polar surface area (TPSA) is 66.8 Å². The van der Waals surface area contributed by atoms with Crippen LogP contribution in [-0.2, 0) is 11.3 Å². The number of nitrogens with zero attached hydrogens (tertiary/aromatic N) is 1. The molecule has 1 amide bonds. The molecule has 1 heterocycles. The Labute approximate surface area is 152 Å². The highest BCUT2D eigenvalue weighted by Crippen LogP contribution is 2.39. The number of carbonyl (C=O) groups excluding carboxylic acids is 1. The molecule has 1 saturated carbocycles. The fraction of sp³-hybridized carbons (Fsp3) is 0.579. The van der Waals surface area contributed by atoms with Crippen molar-refractivity contribution in [1.82, 2.24) is 4.90 Å². The molecule has 1 aromatic carbocycles. The van der Waals surface area contributed by atoms with E-state index < -0.39 is 5.97 Å². The number of ether oxygens (including phenoxy) is 1. The van der Waals surface area contributed by atoms with E-state index >= 15 is 0 Å². The maximum Gasteiger partial charge on any atom is 0.303 e. The van der Waals surface area contributed by atoms with Crippen LogP contribution in [-0.4, -0.2) is 34.5 Å². The van der Waals surface area contributed by atoms with Crippen LogP contribution in [0.4, 0.5) is 0 Å². The van der Waals surface area contributed by atoms with E-state index in [1.807, 2.05) is 4.90 Å². The lowest BCUT2D eigenvalue weighted by Gasteiger charge is -2.36. The van der Waals surface area contributed by atoms with E-state index in [4.69, 9.17) is 21.4 Å². The number of amides is 1. The quantitative estimate of drug-likeness (QED) is 0.770. The van der Waals surface area contributed by atoms with Gasteiger partial charge in [-0.2, -0.15) is 0 Å². The van der Waals surface area contributed by atoms with Gasteiger partial charge in [0.25, 0.3) is 5.91 Å². The molecule has 25 heavy (non-hydrogen) atoms. The van der Waals surface area contributed by atoms with Gasteiger partial charge in [0.15, 0.2) is 0 Å². The second kappa shape index (κ2) is 7.65. The largest absolute Gasteiger partial charge is 0.492 e. The van der Waals surface area contributed by atoms with E-state index in [1.54, 1.807) is 12.1 Å². The molecule has 5 nitrogen and oxygen atoms in total. The van der Waals surface area contributed by atoms with E-state index in [9.17, 15) is 9.59 Å². The number of fused-ring (bicyclic) bond motifs is 1. The summed E-state index contributed by atoms with van der Waals surface area (Å²) >= 11 is 6.48. The first-order valence-electron chi connectivity index (χ1n) is 8.96. The van der Waals surface area contributed by atoms with Gasteiger partial charge in [-0.25, -0.2) is 0 Å². The first kappa shape index (κ1) is 18.1. The highest BCUT2D eigenvalue weighted by Gasteiger charge is 2.37. The van der Waals surface area contributed by atoms with Crippen LogP contribution in [0.3, 0.4) is 0 Å². The second-order valence-corrected chi connectivity index (χ2v) is 7.39. The van der Waals surface area contributed by atoms with Crippen LogP contribution in [0.2, 0.25) is 5.02 Å². The first-order chi connectivity index (χ1) is 12.0. The van der Waals surface area contributed by atoms with Crippen LogP contribution in [0, 0.1) is 5.92 Å². The lowest BCUT2D eigenvalue weighted by atomic mass is 9.85. The average Bonchev–Trinajstić information content (AvgIpc) is 2.91. The number of halogens is 1. The number of hydrogen-bond donors (Lipinski definition) is 1. The van der Waals surface area contributed by atoms with Gasteiger partial charge >= 0.3 is 5.97 Å². The zero-order chi connectivity index (χ0) is 18.0. The smallest absolute Gasteiger partial charge is 0.303 e. The Kier molecular flexibility index (Phi) is 5.52. The van der Waals surface area contributed by atoms with Crippen LogP contribution in [0.1, 0.15) is 61.4 Å². The molecule has 1 aromatic rings. The minimum absolute atomic E-state index is 0.0630. The molecule has 136 valence electrons. The highest BCUT2D eigenvalue weighted by atomic mass is 35.5. The molecule has 2 aliphatic rings. The second-order valence-electron chi connectivity index (χ2n) is 7.01. The summed E-state index contributed by atoms with van der Waals surface area (Å²) in [5, 5.41) is 9.15. The third kappa shape index (κ3) is 3.76. The normalized spacial score (nSPS) is 22.8. The fourth-order valence-electron chi connectivity index (χ4n) is 3.90. The van der Waals surface area contributed by atoms with Crippen LogP contribution in [0.25, 0.3) is 0 Å². The van der Waals surface area contributed by atoms with Crippen molar-refractivity contribution in [3.05, 3.63) is 28.3 Å². The van der Waals surface area contributed by atoms with Crippen molar-refractivity contribution in [3.8, 4) is 5.75 Å². The van der Waals surface area contributed by atoms with Crippen molar-refractivity contribution < 1.29 is 19.4 Å². The van der Waals surface area contributed by atoms with E-state index in [0.29, 0.717) is 41.8 Å². The van der Waals surface area contributed by atoms with Crippen molar-refractivity contribution in [2.75, 3.05) is 6.61 Å². The van der Waals surface area contributed by atoms with Gasteiger partial charge in [0, 0.05) is 30.1 Å². The Morgan fingerprint density at radius 3 is 2.84 bits per heavy atom. The number of aliphatic carboxylic acids is 1. The number of carbonyl (C=O) groups is 2. The molecule has 1 fully saturated rings. The molecule has 0 unspecified atom stereocenters. The minimum atomic E-state index is -0.841. The molecule has 0 spiro atoms. The summed E-state index contributed by atoms with van der Waals surface area (Å²) in [5.41, 5.74) is 1.50. The van der Waals surface area contributed by atoms with Crippen LogP contribution in [0.15, 0.2) is 12.1 Å². The van der Waals surface area contributed by atoms with Crippen LogP contribution >= 0.6 is 11.6 Å². The monoisotopic (exact) mass is 365 g/mol. The maximum atomic E-state index is 12.8. The predicted molar refractivity (Wildman–Crippen MR) is 95.1 cm³/mol. The number of carboxylic acids is 1. The molecular formula is C19H24ClNO4. The van der Waals surface area contributed by atoms with Gasteiger partial charge in [0.2, 0.25) is 0 Å². The maximum absolute atomic E-state index is 12.8. The van der Waals surface area contributed by atoms with Crippen LogP contribution < -0.4 is 4.74 Å². The van der Waals surface area contributed by atoms with Crippen molar-refractivity contribution in [1.29, 1.82) is 0 Å². The Morgan fingerprint density at radius 2 is 2.12 bits per heavy atom. The summed E-state index contributed by atoms with van der Waals surface area (Å²) < 4.78 is 5.62. The lowest BCUT2D eigenvalue weighted by Crippen LogP contribution is -2.41. The van der Waals surface area contributed by atoms with Crippen LogP contribution in [0.5, 0.6) is 5.75 Å². The molecule has 1 N–H and O–H groups in total. The van der Waals surface area contributed by atoms with Crippen molar-refractivity contribution >= 4 is 23.5 Å². The summed E-state index contributed by atoms with van der Waals surface area (Å²) in [7, 11) is 0. The van der Waals surface area contributed by atoms with E-state index in [0.717, 1.165) is 18.4 Å². The number of benzene rings is 1. The fourth-order valence-corrected chi connectivity index (χ4v) is 4.18. The minimum Gasteiger partial charge on any atom is -0.492 e. The van der Waals surface area contributed by atoms with Crippen molar-refractivity contribution in [2.24, 2.45) is 5.92 Å². The van der Waals surface area contributed by atoms with Gasteiger partial charge in [0.1, 0.15) is 5.75 Å². The van der Waals surface area contributed by atoms with Gasteiger partial charge in [-0.05, 0) is 37.3 Å². The average molecular weight is 366 g/mol. The number of hydrogen-bond acceptors (Lipinski definition) is 3. The molecule has 2 atom stereocenters. The first-order valence-corrected chi connectivity index (χ1v) is 9.33. The standard InChI is InChI=1S/C19H24ClNO4/c1-12-5-2-3-6-15(12)21-11-14-13(19(21)24)8-9-16(18(14)20)25-10-4-7-17(22)23/h8-9,12,15H,2-7,10-11H2,1H3,(H,22,23)/t12-,15+/m0/s1.